The van der Waals surface area contributed by atoms with Crippen LogP contribution in [-0.2, 0) is 23.9 Å². The summed E-state index contributed by atoms with van der Waals surface area (Å²) in [5, 5.41) is 0. The van der Waals surface area contributed by atoms with Gasteiger partial charge < -0.3 is 4.90 Å². The second-order valence-corrected chi connectivity index (χ2v) is 9.46. The molecule has 4 rings (SSSR count). The van der Waals surface area contributed by atoms with Gasteiger partial charge in [-0.25, -0.2) is 4.31 Å². The Bertz CT molecular complexity index is 941. The number of hydrogen-bond acceptors (Lipinski definition) is 3. The molecule has 0 spiro atoms. The van der Waals surface area contributed by atoms with Crippen molar-refractivity contribution in [3.05, 3.63) is 64.7 Å². The SMILES string of the molecule is CCN(Sc1ccc2c(c1)CCN(C(=O)C1CC1)C2)[C@@H](C)c1ccc(C(F)(F)F)cc1. The summed E-state index contributed by atoms with van der Waals surface area (Å²) in [4.78, 5) is 15.5. The number of fused-ring (bicyclic) bond motifs is 1. The third kappa shape index (κ3) is 5.09. The van der Waals surface area contributed by atoms with Gasteiger partial charge in [-0.3, -0.25) is 4.79 Å². The first kappa shape index (κ1) is 22.2. The molecule has 1 fully saturated rings. The number of hydrogen-bond donors (Lipinski definition) is 0. The van der Waals surface area contributed by atoms with E-state index in [2.05, 4.69) is 22.5 Å². The van der Waals surface area contributed by atoms with E-state index in [0.29, 0.717) is 12.5 Å². The zero-order chi connectivity index (χ0) is 22.2. The molecule has 2 aromatic carbocycles. The standard InChI is InChI=1S/C24H27F3N2OS/c1-3-29(16(2)17-6-9-21(10-7-17)24(25,26)27)31-22-11-8-20-15-28(13-12-19(20)14-22)23(30)18-4-5-18/h6-11,14,16,18H,3-5,12-13,15H2,1-2H3/t16-/m0/s1. The lowest BCUT2D eigenvalue weighted by Crippen LogP contribution is -2.36. The average molecular weight is 449 g/mol. The molecule has 0 bridgehead atoms. The van der Waals surface area contributed by atoms with Crippen LogP contribution in [-0.4, -0.2) is 28.2 Å². The first-order valence-electron chi connectivity index (χ1n) is 10.8. The maximum absolute atomic E-state index is 12.8. The van der Waals surface area contributed by atoms with Gasteiger partial charge in [0.25, 0.3) is 0 Å². The van der Waals surface area contributed by atoms with E-state index in [1.165, 1.54) is 11.1 Å². The molecule has 166 valence electrons. The smallest absolute Gasteiger partial charge is 0.338 e. The fraction of sp³-hybridized carbons (Fsp3) is 0.458. The third-order valence-electron chi connectivity index (χ3n) is 6.11. The van der Waals surface area contributed by atoms with E-state index >= 15 is 0 Å². The lowest BCUT2D eigenvalue weighted by Gasteiger charge is -2.30. The van der Waals surface area contributed by atoms with Crippen molar-refractivity contribution in [1.82, 2.24) is 9.21 Å². The van der Waals surface area contributed by atoms with Crippen LogP contribution in [0.1, 0.15) is 55.0 Å². The lowest BCUT2D eigenvalue weighted by molar-refractivity contribution is -0.137. The quantitative estimate of drug-likeness (QED) is 0.500. The normalized spacial score (nSPS) is 17.5. The van der Waals surface area contributed by atoms with Gasteiger partial charge in [-0.15, -0.1) is 0 Å². The van der Waals surface area contributed by atoms with Gasteiger partial charge in [-0.2, -0.15) is 13.2 Å². The van der Waals surface area contributed by atoms with Gasteiger partial charge in [0.15, 0.2) is 0 Å². The number of benzene rings is 2. The maximum atomic E-state index is 12.8. The summed E-state index contributed by atoms with van der Waals surface area (Å²) in [6.07, 6.45) is -1.39. The van der Waals surface area contributed by atoms with Gasteiger partial charge >= 0.3 is 6.18 Å². The van der Waals surface area contributed by atoms with Crippen molar-refractivity contribution in [2.45, 2.75) is 56.8 Å². The lowest BCUT2D eigenvalue weighted by atomic mass is 9.99. The molecule has 7 heteroatoms. The predicted octanol–water partition coefficient (Wildman–Crippen LogP) is 6.09. The minimum atomic E-state index is -4.32. The molecule has 1 amide bonds. The van der Waals surface area contributed by atoms with E-state index in [1.807, 2.05) is 18.7 Å². The van der Waals surface area contributed by atoms with E-state index in [-0.39, 0.29) is 12.0 Å². The van der Waals surface area contributed by atoms with Crippen LogP contribution in [0.15, 0.2) is 47.4 Å². The Labute approximate surface area is 185 Å². The molecule has 0 aromatic heterocycles. The van der Waals surface area contributed by atoms with Crippen molar-refractivity contribution in [2.24, 2.45) is 5.92 Å². The number of amides is 1. The number of carbonyl (C=O) groups excluding carboxylic acids is 1. The van der Waals surface area contributed by atoms with Crippen LogP contribution in [0.25, 0.3) is 0 Å². The monoisotopic (exact) mass is 448 g/mol. The second kappa shape index (κ2) is 8.87. The molecule has 1 saturated carbocycles. The van der Waals surface area contributed by atoms with Gasteiger partial charge in [0.05, 0.1) is 5.56 Å². The molecule has 31 heavy (non-hydrogen) atoms. The van der Waals surface area contributed by atoms with Crippen molar-refractivity contribution in [3.63, 3.8) is 0 Å². The van der Waals surface area contributed by atoms with Crippen LogP contribution >= 0.6 is 11.9 Å². The molecule has 1 aliphatic carbocycles. The first-order chi connectivity index (χ1) is 14.8. The molecule has 1 aliphatic heterocycles. The van der Waals surface area contributed by atoms with Crippen molar-refractivity contribution < 1.29 is 18.0 Å². The van der Waals surface area contributed by atoms with E-state index in [9.17, 15) is 18.0 Å². The van der Waals surface area contributed by atoms with Crippen molar-refractivity contribution >= 4 is 17.9 Å². The molecular formula is C24H27F3N2OS. The Balaban J connectivity index is 1.43. The molecule has 2 aliphatic rings. The summed E-state index contributed by atoms with van der Waals surface area (Å²) < 4.78 is 40.7. The van der Waals surface area contributed by atoms with Gasteiger partial charge in [0, 0.05) is 36.5 Å². The van der Waals surface area contributed by atoms with E-state index in [0.717, 1.165) is 54.9 Å². The number of nitrogens with zero attached hydrogens (tertiary/aromatic N) is 2. The summed E-state index contributed by atoms with van der Waals surface area (Å²) >= 11 is 1.63. The first-order valence-corrected chi connectivity index (χ1v) is 11.6. The van der Waals surface area contributed by atoms with Crippen molar-refractivity contribution in [3.8, 4) is 0 Å². The highest BCUT2D eigenvalue weighted by Crippen LogP contribution is 2.36. The third-order valence-corrected chi connectivity index (χ3v) is 7.39. The topological polar surface area (TPSA) is 23.6 Å². The second-order valence-electron chi connectivity index (χ2n) is 8.33. The number of carbonyl (C=O) groups is 1. The van der Waals surface area contributed by atoms with Crippen molar-refractivity contribution in [1.29, 1.82) is 0 Å². The Kier molecular flexibility index (Phi) is 6.35. The Morgan fingerprint density at radius 3 is 2.48 bits per heavy atom. The highest BCUT2D eigenvalue weighted by Gasteiger charge is 2.34. The molecule has 2 aromatic rings. The maximum Gasteiger partial charge on any atom is 0.416 e. The highest BCUT2D eigenvalue weighted by molar-refractivity contribution is 7.97. The highest BCUT2D eigenvalue weighted by atomic mass is 32.2. The van der Waals surface area contributed by atoms with Crippen LogP contribution in [0.2, 0.25) is 0 Å². The van der Waals surface area contributed by atoms with E-state index < -0.39 is 11.7 Å². The van der Waals surface area contributed by atoms with Crippen molar-refractivity contribution in [2.75, 3.05) is 13.1 Å². The molecule has 3 nitrogen and oxygen atoms in total. The molecule has 1 heterocycles. The van der Waals surface area contributed by atoms with Gasteiger partial charge in [-0.1, -0.05) is 25.1 Å². The van der Waals surface area contributed by atoms with Crippen LogP contribution in [0, 0.1) is 5.92 Å². The van der Waals surface area contributed by atoms with Gasteiger partial charge in [0.1, 0.15) is 0 Å². The zero-order valence-corrected chi connectivity index (χ0v) is 18.6. The Hall–Kier alpha value is -1.99. The van der Waals surface area contributed by atoms with E-state index in [4.69, 9.17) is 0 Å². The average Bonchev–Trinajstić information content (AvgIpc) is 3.61. The zero-order valence-electron chi connectivity index (χ0n) is 17.8. The number of rotatable bonds is 6. The molecular weight excluding hydrogens is 421 g/mol. The fourth-order valence-electron chi connectivity index (χ4n) is 4.03. The van der Waals surface area contributed by atoms with Crippen LogP contribution in [0.3, 0.4) is 0 Å². The summed E-state index contributed by atoms with van der Waals surface area (Å²) in [7, 11) is 0. The summed E-state index contributed by atoms with van der Waals surface area (Å²) in [5.41, 5.74) is 2.73. The van der Waals surface area contributed by atoms with E-state index in [1.54, 1.807) is 24.1 Å². The van der Waals surface area contributed by atoms with Gasteiger partial charge in [0.2, 0.25) is 5.91 Å². The molecule has 0 N–H and O–H groups in total. The molecule has 0 saturated heterocycles. The van der Waals surface area contributed by atoms with Crippen LogP contribution in [0.4, 0.5) is 13.2 Å². The molecule has 0 radical (unpaired) electrons. The Morgan fingerprint density at radius 1 is 1.16 bits per heavy atom. The number of halogens is 3. The van der Waals surface area contributed by atoms with Crippen LogP contribution in [0.5, 0.6) is 0 Å². The Morgan fingerprint density at radius 2 is 1.87 bits per heavy atom. The minimum absolute atomic E-state index is 0.0278. The molecule has 1 atom stereocenters. The fourth-order valence-corrected chi connectivity index (χ4v) is 5.04. The largest absolute Gasteiger partial charge is 0.416 e. The predicted molar refractivity (Wildman–Crippen MR) is 116 cm³/mol. The molecule has 0 unspecified atom stereocenters. The summed E-state index contributed by atoms with van der Waals surface area (Å²) in [5.74, 6) is 0.549. The summed E-state index contributed by atoms with van der Waals surface area (Å²) in [6.45, 7) is 6.28. The summed E-state index contributed by atoms with van der Waals surface area (Å²) in [6, 6.07) is 11.8. The minimum Gasteiger partial charge on any atom is -0.338 e. The van der Waals surface area contributed by atoms with Crippen LogP contribution < -0.4 is 0 Å². The van der Waals surface area contributed by atoms with Gasteiger partial charge in [-0.05, 0) is 79.1 Å². The number of alkyl halides is 3.